The zero-order valence-electron chi connectivity index (χ0n) is 8.40. The summed E-state index contributed by atoms with van der Waals surface area (Å²) >= 11 is 5.94. The molecule has 2 aromatic heterocycles. The average molecular weight is 235 g/mol. The maximum atomic E-state index is 5.94. The van der Waals surface area contributed by atoms with Gasteiger partial charge in [0.1, 0.15) is 11.8 Å². The summed E-state index contributed by atoms with van der Waals surface area (Å²) in [5.41, 5.74) is 1.83. The minimum absolute atomic E-state index is 0.309. The van der Waals surface area contributed by atoms with E-state index in [1.807, 2.05) is 18.2 Å². The first-order chi connectivity index (χ1) is 7.81. The van der Waals surface area contributed by atoms with Crippen molar-refractivity contribution in [3.05, 3.63) is 29.7 Å². The van der Waals surface area contributed by atoms with E-state index in [0.717, 1.165) is 5.39 Å². The lowest BCUT2D eigenvalue weighted by Crippen LogP contribution is -1.81. The van der Waals surface area contributed by atoms with E-state index in [1.54, 1.807) is 7.11 Å². The first-order valence-corrected chi connectivity index (χ1v) is 5.05. The summed E-state index contributed by atoms with van der Waals surface area (Å²) in [7, 11) is 1.59. The summed E-state index contributed by atoms with van der Waals surface area (Å²) in [6.45, 7) is 0. The molecule has 0 saturated carbocycles. The number of halogens is 1. The Kier molecular flexibility index (Phi) is 1.97. The highest BCUT2D eigenvalue weighted by Gasteiger charge is 2.14. The molecule has 0 amide bonds. The Morgan fingerprint density at radius 3 is 2.94 bits per heavy atom. The minimum atomic E-state index is 0.309. The van der Waals surface area contributed by atoms with Gasteiger partial charge < -0.3 is 9.15 Å². The van der Waals surface area contributed by atoms with Crippen LogP contribution in [0.5, 0.6) is 5.75 Å². The monoisotopic (exact) mass is 234 g/mol. The predicted molar refractivity (Wildman–Crippen MR) is 60.9 cm³/mol. The Morgan fingerprint density at radius 2 is 2.12 bits per heavy atom. The van der Waals surface area contributed by atoms with Gasteiger partial charge in [0.15, 0.2) is 22.1 Å². The topological polar surface area (TPSA) is 48.2 Å². The largest absolute Gasteiger partial charge is 0.493 e. The zero-order chi connectivity index (χ0) is 11.1. The van der Waals surface area contributed by atoms with Crippen LogP contribution < -0.4 is 4.74 Å². The third kappa shape index (κ3) is 1.17. The normalized spacial score (nSPS) is 11.1. The first-order valence-electron chi connectivity index (χ1n) is 4.67. The summed E-state index contributed by atoms with van der Waals surface area (Å²) < 4.78 is 10.8. The Hall–Kier alpha value is -1.81. The van der Waals surface area contributed by atoms with Crippen LogP contribution in [0.2, 0.25) is 5.15 Å². The molecule has 0 radical (unpaired) electrons. The maximum absolute atomic E-state index is 5.94. The number of benzene rings is 1. The fourth-order valence-electron chi connectivity index (χ4n) is 1.70. The molecular formula is C11H7ClN2O2. The van der Waals surface area contributed by atoms with Crippen molar-refractivity contribution in [1.29, 1.82) is 0 Å². The van der Waals surface area contributed by atoms with Crippen LogP contribution >= 0.6 is 11.6 Å². The highest BCUT2D eigenvalue weighted by molar-refractivity contribution is 6.34. The van der Waals surface area contributed by atoms with E-state index >= 15 is 0 Å². The molecule has 16 heavy (non-hydrogen) atoms. The number of rotatable bonds is 1. The van der Waals surface area contributed by atoms with E-state index in [-0.39, 0.29) is 0 Å². The predicted octanol–water partition coefficient (Wildman–Crippen LogP) is 3.04. The molecule has 0 aliphatic heterocycles. The lowest BCUT2D eigenvalue weighted by molar-refractivity contribution is 0.412. The molecule has 0 aliphatic rings. The fraction of sp³-hybridized carbons (Fsp3) is 0.0909. The van der Waals surface area contributed by atoms with Gasteiger partial charge in [-0.05, 0) is 12.1 Å². The van der Waals surface area contributed by atoms with Gasteiger partial charge in [0.25, 0.3) is 0 Å². The highest BCUT2D eigenvalue weighted by atomic mass is 35.5. The summed E-state index contributed by atoms with van der Waals surface area (Å²) in [6, 6.07) is 5.62. The Morgan fingerprint density at radius 1 is 1.25 bits per heavy atom. The van der Waals surface area contributed by atoms with Crippen molar-refractivity contribution in [2.24, 2.45) is 0 Å². The Bertz CT molecular complexity index is 678. The molecule has 0 aliphatic carbocycles. The van der Waals surface area contributed by atoms with E-state index in [0.29, 0.717) is 27.6 Å². The molecule has 5 heteroatoms. The molecule has 4 nitrogen and oxygen atoms in total. The lowest BCUT2D eigenvalue weighted by atomic mass is 10.2. The van der Waals surface area contributed by atoms with Crippen LogP contribution in [0.1, 0.15) is 0 Å². The molecule has 0 unspecified atom stereocenters. The van der Waals surface area contributed by atoms with Gasteiger partial charge in [-0.1, -0.05) is 17.7 Å². The second kappa shape index (κ2) is 3.35. The summed E-state index contributed by atoms with van der Waals surface area (Å²) in [5.74, 6) is 0.659. The molecule has 0 bridgehead atoms. The van der Waals surface area contributed by atoms with Gasteiger partial charge in [-0.2, -0.15) is 0 Å². The quantitative estimate of drug-likeness (QED) is 0.607. The number of aromatic nitrogens is 2. The van der Waals surface area contributed by atoms with Crippen molar-refractivity contribution in [2.75, 3.05) is 7.11 Å². The van der Waals surface area contributed by atoms with Crippen molar-refractivity contribution in [3.63, 3.8) is 0 Å². The SMILES string of the molecule is COc1cccc2c1oc1c(Cl)ncnc12. The van der Waals surface area contributed by atoms with Gasteiger partial charge in [-0.3, -0.25) is 0 Å². The number of ether oxygens (including phenoxy) is 1. The van der Waals surface area contributed by atoms with Crippen LogP contribution in [-0.2, 0) is 0 Å². The molecule has 80 valence electrons. The molecule has 1 aromatic carbocycles. The van der Waals surface area contributed by atoms with Crippen LogP contribution in [0.25, 0.3) is 22.1 Å². The second-order valence-electron chi connectivity index (χ2n) is 3.28. The fourth-order valence-corrected chi connectivity index (χ4v) is 1.88. The molecule has 0 fully saturated rings. The smallest absolute Gasteiger partial charge is 0.191 e. The van der Waals surface area contributed by atoms with E-state index in [1.165, 1.54) is 6.33 Å². The number of methoxy groups -OCH3 is 1. The van der Waals surface area contributed by atoms with Crippen molar-refractivity contribution in [2.45, 2.75) is 0 Å². The van der Waals surface area contributed by atoms with Crippen LogP contribution in [-0.4, -0.2) is 17.1 Å². The van der Waals surface area contributed by atoms with Crippen molar-refractivity contribution >= 4 is 33.7 Å². The number of nitrogens with zero attached hydrogens (tertiary/aromatic N) is 2. The lowest BCUT2D eigenvalue weighted by Gasteiger charge is -1.97. The van der Waals surface area contributed by atoms with E-state index in [2.05, 4.69) is 9.97 Å². The van der Waals surface area contributed by atoms with Crippen molar-refractivity contribution in [1.82, 2.24) is 9.97 Å². The molecule has 0 saturated heterocycles. The first kappa shape index (κ1) is 9.42. The molecule has 3 rings (SSSR count). The van der Waals surface area contributed by atoms with Crippen LogP contribution in [0.4, 0.5) is 0 Å². The van der Waals surface area contributed by atoms with Gasteiger partial charge in [0.05, 0.1) is 12.5 Å². The minimum Gasteiger partial charge on any atom is -0.493 e. The van der Waals surface area contributed by atoms with Crippen molar-refractivity contribution in [3.8, 4) is 5.75 Å². The summed E-state index contributed by atoms with van der Waals surface area (Å²) in [6.07, 6.45) is 1.42. The van der Waals surface area contributed by atoms with Crippen LogP contribution in [0, 0.1) is 0 Å². The third-order valence-electron chi connectivity index (χ3n) is 2.42. The summed E-state index contributed by atoms with van der Waals surface area (Å²) in [5, 5.41) is 1.18. The molecule has 3 aromatic rings. The number of hydrogen-bond donors (Lipinski definition) is 0. The second-order valence-corrected chi connectivity index (χ2v) is 3.64. The van der Waals surface area contributed by atoms with E-state index in [4.69, 9.17) is 20.8 Å². The van der Waals surface area contributed by atoms with Gasteiger partial charge >= 0.3 is 0 Å². The van der Waals surface area contributed by atoms with Gasteiger partial charge in [0, 0.05) is 0 Å². The highest BCUT2D eigenvalue weighted by Crippen LogP contribution is 2.35. The van der Waals surface area contributed by atoms with E-state index in [9.17, 15) is 0 Å². The zero-order valence-corrected chi connectivity index (χ0v) is 9.15. The number of para-hydroxylation sites is 1. The van der Waals surface area contributed by atoms with Crippen LogP contribution in [0.15, 0.2) is 28.9 Å². The number of furan rings is 1. The van der Waals surface area contributed by atoms with Gasteiger partial charge in [0.2, 0.25) is 0 Å². The van der Waals surface area contributed by atoms with Gasteiger partial charge in [-0.15, -0.1) is 0 Å². The average Bonchev–Trinajstić information content (AvgIpc) is 2.69. The van der Waals surface area contributed by atoms with Crippen LogP contribution in [0.3, 0.4) is 0 Å². The Labute approximate surface area is 95.8 Å². The summed E-state index contributed by atoms with van der Waals surface area (Å²) in [4.78, 5) is 8.04. The number of hydrogen-bond acceptors (Lipinski definition) is 4. The number of fused-ring (bicyclic) bond motifs is 3. The van der Waals surface area contributed by atoms with Gasteiger partial charge in [-0.25, -0.2) is 9.97 Å². The molecule has 0 atom stereocenters. The third-order valence-corrected chi connectivity index (χ3v) is 2.69. The standard InChI is InChI=1S/C11H7ClN2O2/c1-15-7-4-2-3-6-8-10(16-9(6)7)11(12)14-5-13-8/h2-5H,1H3. The molecule has 0 spiro atoms. The Balaban J connectivity index is 2.55. The molecule has 0 N–H and O–H groups in total. The van der Waals surface area contributed by atoms with Crippen molar-refractivity contribution < 1.29 is 9.15 Å². The molecular weight excluding hydrogens is 228 g/mol. The van der Waals surface area contributed by atoms with E-state index < -0.39 is 0 Å². The molecule has 2 heterocycles. The maximum Gasteiger partial charge on any atom is 0.191 e.